The summed E-state index contributed by atoms with van der Waals surface area (Å²) in [5, 5.41) is 1.19. The van der Waals surface area contributed by atoms with Gasteiger partial charge in [0.25, 0.3) is 0 Å². The number of hydrogen-bond donors (Lipinski definition) is 0. The van der Waals surface area contributed by atoms with Crippen LogP contribution in [0.15, 0.2) is 0 Å². The molecule has 0 bridgehead atoms. The van der Waals surface area contributed by atoms with Gasteiger partial charge in [0, 0.05) is 0 Å². The molecule has 3 heteroatoms. The molecule has 0 aliphatic carbocycles. The zero-order valence-corrected chi connectivity index (χ0v) is 12.3. The van der Waals surface area contributed by atoms with E-state index >= 15 is 0 Å². The molecule has 0 radical (unpaired) electrons. The number of alkyl halides is 1. The van der Waals surface area contributed by atoms with Crippen molar-refractivity contribution in [1.29, 1.82) is 0 Å². The Kier molecular flexibility index (Phi) is 5.39. The normalized spacial score (nSPS) is 25.3. The second-order valence-electron chi connectivity index (χ2n) is 3.16. The average Bonchev–Trinajstić information content (AvgIpc) is 2.38. The van der Waals surface area contributed by atoms with Crippen LogP contribution in [0.25, 0.3) is 0 Å². The molecule has 0 aromatic rings. The van der Waals surface area contributed by atoms with Crippen LogP contribution in [0, 0.1) is 0 Å². The van der Waals surface area contributed by atoms with E-state index in [0.29, 0.717) is 0 Å². The molecule has 0 aromatic heterocycles. The molecule has 0 saturated carbocycles. The van der Waals surface area contributed by atoms with E-state index in [1.54, 1.807) is 13.4 Å². The van der Waals surface area contributed by atoms with E-state index in [9.17, 15) is 0 Å². The molecule has 0 unspecified atom stereocenters. The minimum absolute atomic E-state index is 1.19. The third-order valence-electron chi connectivity index (χ3n) is 2.16. The van der Waals surface area contributed by atoms with E-state index in [4.69, 9.17) is 0 Å². The molecular weight excluding hydrogens is 383 g/mol. The van der Waals surface area contributed by atoms with Crippen molar-refractivity contribution < 1.29 is 0 Å². The van der Waals surface area contributed by atoms with Crippen molar-refractivity contribution in [3.05, 3.63) is 0 Å². The van der Waals surface area contributed by atoms with E-state index in [1.807, 2.05) is 0 Å². The SMILES string of the molecule is BrCCCC[Te]1(Br)CCCC1. The summed E-state index contributed by atoms with van der Waals surface area (Å²) < 4.78 is 4.74. The summed E-state index contributed by atoms with van der Waals surface area (Å²) in [5.74, 6) is 0. The summed E-state index contributed by atoms with van der Waals surface area (Å²) in [4.78, 5) is 0. The van der Waals surface area contributed by atoms with Crippen molar-refractivity contribution >= 4 is 44.7 Å². The molecule has 0 nitrogen and oxygen atoms in total. The molecule has 1 aliphatic heterocycles. The molecule has 1 saturated heterocycles. The number of halogens is 2. The first-order valence-electron chi connectivity index (χ1n) is 4.29. The van der Waals surface area contributed by atoms with Crippen LogP contribution in [-0.4, -0.2) is 21.3 Å². The first-order chi connectivity index (χ1) is 5.27. The van der Waals surface area contributed by atoms with Gasteiger partial charge in [0.2, 0.25) is 0 Å². The summed E-state index contributed by atoms with van der Waals surface area (Å²) in [6.07, 6.45) is 5.86. The van der Waals surface area contributed by atoms with E-state index in [2.05, 4.69) is 28.7 Å². The summed E-state index contributed by atoms with van der Waals surface area (Å²) >= 11 is 6.20. The van der Waals surface area contributed by atoms with Crippen LogP contribution in [0.4, 0.5) is 0 Å². The Morgan fingerprint density at radius 1 is 1.09 bits per heavy atom. The Hall–Kier alpha value is 1.75. The van der Waals surface area contributed by atoms with Crippen molar-refractivity contribution in [2.75, 3.05) is 5.33 Å². The van der Waals surface area contributed by atoms with Crippen LogP contribution in [0.1, 0.15) is 25.7 Å². The van der Waals surface area contributed by atoms with Gasteiger partial charge in [-0.25, -0.2) is 0 Å². The number of hydrogen-bond acceptors (Lipinski definition) is 0. The van der Waals surface area contributed by atoms with Crippen LogP contribution < -0.4 is 0 Å². The molecule has 0 N–H and O–H groups in total. The average molecular weight is 400 g/mol. The zero-order valence-electron chi connectivity index (χ0n) is 6.82. The van der Waals surface area contributed by atoms with Crippen molar-refractivity contribution in [2.45, 2.75) is 39.1 Å². The molecule has 1 heterocycles. The predicted molar refractivity (Wildman–Crippen MR) is 61.4 cm³/mol. The fraction of sp³-hybridized carbons (Fsp3) is 1.00. The molecule has 0 aromatic carbocycles. The Labute approximate surface area is 88.2 Å². The van der Waals surface area contributed by atoms with Crippen LogP contribution in [0.2, 0.25) is 13.4 Å². The summed E-state index contributed by atoms with van der Waals surface area (Å²) in [6.45, 7) is 0. The van der Waals surface area contributed by atoms with Crippen molar-refractivity contribution in [3.8, 4) is 0 Å². The van der Waals surface area contributed by atoms with Gasteiger partial charge >= 0.3 is 89.1 Å². The third kappa shape index (κ3) is 3.98. The zero-order chi connectivity index (χ0) is 8.16. The van der Waals surface area contributed by atoms with Gasteiger partial charge in [0.15, 0.2) is 0 Å². The Bertz CT molecular complexity index is 111. The van der Waals surface area contributed by atoms with Crippen LogP contribution in [-0.2, 0) is 0 Å². The fourth-order valence-corrected chi connectivity index (χ4v) is 14.4. The van der Waals surface area contributed by atoms with Crippen LogP contribution in [0.5, 0.6) is 0 Å². The summed E-state index contributed by atoms with van der Waals surface area (Å²) in [6, 6.07) is 0. The molecule has 0 spiro atoms. The summed E-state index contributed by atoms with van der Waals surface area (Å²) in [7, 11) is 0. The first-order valence-corrected chi connectivity index (χ1v) is 15.6. The van der Waals surface area contributed by atoms with E-state index in [1.165, 1.54) is 31.0 Å². The van der Waals surface area contributed by atoms with E-state index in [0.717, 1.165) is 0 Å². The predicted octanol–water partition coefficient (Wildman–Crippen LogP) is 4.30. The molecule has 68 valence electrons. The van der Waals surface area contributed by atoms with Gasteiger partial charge in [-0.2, -0.15) is 0 Å². The van der Waals surface area contributed by atoms with Gasteiger partial charge in [-0.15, -0.1) is 0 Å². The van der Waals surface area contributed by atoms with Gasteiger partial charge in [-0.3, -0.25) is 0 Å². The fourth-order valence-electron chi connectivity index (χ4n) is 1.48. The number of unbranched alkanes of at least 4 members (excludes halogenated alkanes) is 1. The standard InChI is InChI=1S/C8H16Br2Te/c9-5-1-2-6-11(10)7-3-4-8-11/h1-8H2. The quantitative estimate of drug-likeness (QED) is 0.376. The monoisotopic (exact) mass is 400 g/mol. The molecule has 1 fully saturated rings. The molecule has 11 heavy (non-hydrogen) atoms. The second-order valence-corrected chi connectivity index (χ2v) is 22.0. The van der Waals surface area contributed by atoms with Gasteiger partial charge in [0.05, 0.1) is 0 Å². The molecule has 0 amide bonds. The maximum atomic E-state index is 4.05. The van der Waals surface area contributed by atoms with Crippen molar-refractivity contribution in [3.63, 3.8) is 0 Å². The molecule has 1 aliphatic rings. The van der Waals surface area contributed by atoms with E-state index in [-0.39, 0.29) is 0 Å². The topological polar surface area (TPSA) is 0 Å². The maximum absolute atomic E-state index is 4.05. The molecular formula is C8H16Br2Te. The molecule has 0 atom stereocenters. The second kappa shape index (κ2) is 5.47. The van der Waals surface area contributed by atoms with Gasteiger partial charge in [-0.1, -0.05) is 0 Å². The Balaban J connectivity index is 2.13. The Morgan fingerprint density at radius 2 is 1.73 bits per heavy atom. The van der Waals surface area contributed by atoms with Gasteiger partial charge in [-0.05, 0) is 0 Å². The number of rotatable bonds is 4. The first kappa shape index (κ1) is 10.8. The van der Waals surface area contributed by atoms with Crippen molar-refractivity contribution in [2.24, 2.45) is 0 Å². The van der Waals surface area contributed by atoms with Crippen LogP contribution >= 0.6 is 28.7 Å². The van der Waals surface area contributed by atoms with E-state index < -0.39 is 16.0 Å². The van der Waals surface area contributed by atoms with Crippen LogP contribution in [0.3, 0.4) is 0 Å². The van der Waals surface area contributed by atoms with Gasteiger partial charge in [0.1, 0.15) is 0 Å². The third-order valence-corrected chi connectivity index (χ3v) is 18.0. The molecule has 1 rings (SSSR count). The summed E-state index contributed by atoms with van der Waals surface area (Å²) in [5.41, 5.74) is 0. The van der Waals surface area contributed by atoms with Crippen molar-refractivity contribution in [1.82, 2.24) is 0 Å². The Morgan fingerprint density at radius 3 is 2.27 bits per heavy atom. The minimum atomic E-state index is -1.34. The van der Waals surface area contributed by atoms with Gasteiger partial charge < -0.3 is 0 Å².